The second kappa shape index (κ2) is 6.67. The van der Waals surface area contributed by atoms with E-state index in [9.17, 15) is 17.6 Å². The molecule has 0 spiro atoms. The van der Waals surface area contributed by atoms with Crippen molar-refractivity contribution >= 4 is 16.0 Å². The van der Waals surface area contributed by atoms with Gasteiger partial charge in [0.25, 0.3) is 0 Å². The molecule has 0 saturated heterocycles. The minimum absolute atomic E-state index is 0.0189. The van der Waals surface area contributed by atoms with Crippen LogP contribution in [0.4, 0.5) is 4.39 Å². The normalized spacial score (nSPS) is 11.2. The fourth-order valence-electron chi connectivity index (χ4n) is 1.77. The lowest BCUT2D eigenvalue weighted by Gasteiger charge is -2.08. The average Bonchev–Trinajstić information content (AvgIpc) is 2.54. The Labute approximate surface area is 127 Å². The summed E-state index contributed by atoms with van der Waals surface area (Å²) in [5.41, 5.74) is 0.765. The van der Waals surface area contributed by atoms with Crippen molar-refractivity contribution in [2.45, 2.75) is 11.4 Å². The van der Waals surface area contributed by atoms with Gasteiger partial charge in [0.15, 0.2) is 0 Å². The van der Waals surface area contributed by atoms with Gasteiger partial charge in [-0.05, 0) is 35.9 Å². The molecule has 0 aliphatic rings. The summed E-state index contributed by atoms with van der Waals surface area (Å²) in [6.45, 7) is 0.0189. The summed E-state index contributed by atoms with van der Waals surface area (Å²) in [7, 11) is -2.57. The van der Waals surface area contributed by atoms with E-state index in [0.29, 0.717) is 5.56 Å². The Morgan fingerprint density at radius 2 is 1.86 bits per heavy atom. The number of methoxy groups -OCH3 is 1. The Kier molecular flexibility index (Phi) is 4.89. The summed E-state index contributed by atoms with van der Waals surface area (Å²) in [6.07, 6.45) is 0. The summed E-state index contributed by atoms with van der Waals surface area (Å²) in [5, 5.41) is 0. The molecule has 2 rings (SSSR count). The van der Waals surface area contributed by atoms with Crippen LogP contribution in [0.25, 0.3) is 0 Å². The molecule has 0 aliphatic carbocycles. The van der Waals surface area contributed by atoms with Gasteiger partial charge in [0, 0.05) is 6.54 Å². The van der Waals surface area contributed by atoms with Crippen LogP contribution in [0.2, 0.25) is 0 Å². The van der Waals surface area contributed by atoms with E-state index in [4.69, 9.17) is 0 Å². The molecule has 0 aliphatic heterocycles. The molecule has 5 nitrogen and oxygen atoms in total. The van der Waals surface area contributed by atoms with Crippen molar-refractivity contribution in [2.24, 2.45) is 0 Å². The van der Waals surface area contributed by atoms with Gasteiger partial charge in [0.1, 0.15) is 5.82 Å². The lowest BCUT2D eigenvalue weighted by atomic mass is 10.2. The summed E-state index contributed by atoms with van der Waals surface area (Å²) in [4.78, 5) is 11.4. The highest BCUT2D eigenvalue weighted by molar-refractivity contribution is 7.89. The monoisotopic (exact) mass is 323 g/mol. The first-order valence-electron chi connectivity index (χ1n) is 6.35. The number of sulfonamides is 1. The highest BCUT2D eigenvalue weighted by Crippen LogP contribution is 2.13. The molecule has 1 N–H and O–H groups in total. The largest absolute Gasteiger partial charge is 0.465 e. The van der Waals surface area contributed by atoms with E-state index in [2.05, 4.69) is 9.46 Å². The van der Waals surface area contributed by atoms with Gasteiger partial charge >= 0.3 is 5.97 Å². The van der Waals surface area contributed by atoms with Gasteiger partial charge in [0.2, 0.25) is 10.0 Å². The van der Waals surface area contributed by atoms with Crippen LogP contribution in [-0.2, 0) is 21.3 Å². The first kappa shape index (κ1) is 16.1. The van der Waals surface area contributed by atoms with Crippen LogP contribution >= 0.6 is 0 Å². The van der Waals surface area contributed by atoms with Crippen LogP contribution in [-0.4, -0.2) is 21.5 Å². The lowest BCUT2D eigenvalue weighted by Crippen LogP contribution is -2.23. The zero-order valence-electron chi connectivity index (χ0n) is 11.7. The van der Waals surface area contributed by atoms with Crippen LogP contribution < -0.4 is 4.72 Å². The molecule has 2 aromatic carbocycles. The predicted octanol–water partition coefficient (Wildman–Crippen LogP) is 2.09. The number of esters is 1. The summed E-state index contributed by atoms with van der Waals surface area (Å²) >= 11 is 0. The third-order valence-corrected chi connectivity index (χ3v) is 4.34. The molecule has 2 aromatic rings. The van der Waals surface area contributed by atoms with Gasteiger partial charge in [-0.15, -0.1) is 0 Å². The SMILES string of the molecule is COC(=O)c1cccc(S(=O)(=O)NCc2ccc(F)cc2)c1. The van der Waals surface area contributed by atoms with Gasteiger partial charge in [-0.25, -0.2) is 22.3 Å². The van der Waals surface area contributed by atoms with Gasteiger partial charge in [-0.3, -0.25) is 0 Å². The van der Waals surface area contributed by atoms with Crippen molar-refractivity contribution in [1.29, 1.82) is 0 Å². The average molecular weight is 323 g/mol. The van der Waals surface area contributed by atoms with E-state index >= 15 is 0 Å². The fraction of sp³-hybridized carbons (Fsp3) is 0.133. The minimum atomic E-state index is -3.78. The maximum Gasteiger partial charge on any atom is 0.337 e. The molecule has 0 unspecified atom stereocenters. The highest BCUT2D eigenvalue weighted by Gasteiger charge is 2.16. The summed E-state index contributed by atoms with van der Waals surface area (Å²) < 4.78 is 44.1. The van der Waals surface area contributed by atoms with Crippen molar-refractivity contribution in [3.8, 4) is 0 Å². The van der Waals surface area contributed by atoms with E-state index in [1.165, 1.54) is 55.6 Å². The van der Waals surface area contributed by atoms with Crippen molar-refractivity contribution in [3.63, 3.8) is 0 Å². The van der Waals surface area contributed by atoms with Crippen molar-refractivity contribution in [1.82, 2.24) is 4.72 Å². The molecule has 0 bridgehead atoms. The van der Waals surface area contributed by atoms with E-state index in [1.54, 1.807) is 0 Å². The van der Waals surface area contributed by atoms with Gasteiger partial charge < -0.3 is 4.74 Å². The Morgan fingerprint density at radius 1 is 1.18 bits per heavy atom. The molecule has 0 aromatic heterocycles. The highest BCUT2D eigenvalue weighted by atomic mass is 32.2. The second-order valence-corrected chi connectivity index (χ2v) is 6.24. The van der Waals surface area contributed by atoms with Crippen LogP contribution in [0.5, 0.6) is 0 Å². The van der Waals surface area contributed by atoms with Crippen molar-refractivity contribution in [2.75, 3.05) is 7.11 Å². The van der Waals surface area contributed by atoms with E-state index in [1.807, 2.05) is 0 Å². The van der Waals surface area contributed by atoms with Crippen LogP contribution in [0.15, 0.2) is 53.4 Å². The molecule has 7 heteroatoms. The number of hydrogen-bond acceptors (Lipinski definition) is 4. The smallest absolute Gasteiger partial charge is 0.337 e. The van der Waals surface area contributed by atoms with Gasteiger partial charge in [-0.1, -0.05) is 18.2 Å². The molecule has 0 amide bonds. The van der Waals surface area contributed by atoms with E-state index in [0.717, 1.165) is 0 Å². The number of carbonyl (C=O) groups excluding carboxylic acids is 1. The summed E-state index contributed by atoms with van der Waals surface area (Å²) in [5.74, 6) is -1.01. The van der Waals surface area contributed by atoms with E-state index < -0.39 is 21.8 Å². The molecular weight excluding hydrogens is 309 g/mol. The maximum atomic E-state index is 12.8. The molecule has 0 fully saturated rings. The second-order valence-electron chi connectivity index (χ2n) is 4.47. The quantitative estimate of drug-likeness (QED) is 0.855. The minimum Gasteiger partial charge on any atom is -0.465 e. The number of rotatable bonds is 5. The Morgan fingerprint density at radius 3 is 2.50 bits per heavy atom. The van der Waals surface area contributed by atoms with Crippen molar-refractivity contribution in [3.05, 3.63) is 65.5 Å². The lowest BCUT2D eigenvalue weighted by molar-refractivity contribution is 0.0600. The molecular formula is C15H14FNO4S. The standard InChI is InChI=1S/C15H14FNO4S/c1-21-15(18)12-3-2-4-14(9-12)22(19,20)17-10-11-5-7-13(16)8-6-11/h2-9,17H,10H2,1H3. The topological polar surface area (TPSA) is 72.5 Å². The first-order valence-corrected chi connectivity index (χ1v) is 7.83. The molecule has 0 saturated carbocycles. The van der Waals surface area contributed by atoms with Crippen LogP contribution in [0.3, 0.4) is 0 Å². The zero-order chi connectivity index (χ0) is 16.2. The van der Waals surface area contributed by atoms with Gasteiger partial charge in [-0.2, -0.15) is 0 Å². The number of halogens is 1. The molecule has 116 valence electrons. The molecule has 0 radical (unpaired) electrons. The first-order chi connectivity index (χ1) is 10.4. The predicted molar refractivity (Wildman–Crippen MR) is 78.2 cm³/mol. The third-order valence-electron chi connectivity index (χ3n) is 2.95. The fourth-order valence-corrected chi connectivity index (χ4v) is 2.84. The molecule has 0 atom stereocenters. The Balaban J connectivity index is 2.16. The number of hydrogen-bond donors (Lipinski definition) is 1. The third kappa shape index (κ3) is 3.90. The zero-order valence-corrected chi connectivity index (χ0v) is 12.6. The molecule has 0 heterocycles. The number of carbonyl (C=O) groups is 1. The van der Waals surface area contributed by atoms with E-state index in [-0.39, 0.29) is 17.0 Å². The van der Waals surface area contributed by atoms with Crippen molar-refractivity contribution < 1.29 is 22.3 Å². The Bertz CT molecular complexity index is 772. The van der Waals surface area contributed by atoms with Crippen LogP contribution in [0, 0.1) is 5.82 Å². The Hall–Kier alpha value is -2.25. The van der Waals surface area contributed by atoms with Gasteiger partial charge in [0.05, 0.1) is 17.6 Å². The number of nitrogens with one attached hydrogen (secondary N) is 1. The molecule has 22 heavy (non-hydrogen) atoms. The number of benzene rings is 2. The number of ether oxygens (including phenoxy) is 1. The summed E-state index contributed by atoms with van der Waals surface area (Å²) in [6, 6.07) is 11.0. The van der Waals surface area contributed by atoms with Crippen LogP contribution in [0.1, 0.15) is 15.9 Å². The maximum absolute atomic E-state index is 12.8.